The van der Waals surface area contributed by atoms with Crippen molar-refractivity contribution >= 4 is 5.57 Å². The van der Waals surface area contributed by atoms with E-state index in [0.29, 0.717) is 31.2 Å². The Morgan fingerprint density at radius 3 is 2.38 bits per heavy atom. The molecule has 0 spiro atoms. The number of hydrogen-bond acceptors (Lipinski definition) is 1. The molecule has 0 aliphatic heterocycles. The van der Waals surface area contributed by atoms with E-state index in [0.717, 1.165) is 0 Å². The third kappa shape index (κ3) is 3.82. The standard InChI is InChI=1S/C13H13F2N/c14-13(15)12(9-5-2-6-10-16)11-7-3-1-4-8-11/h1,3-4,7-8H,2,5-6,9H2. The molecule has 0 saturated carbocycles. The van der Waals surface area contributed by atoms with Gasteiger partial charge in [-0.05, 0) is 24.8 Å². The van der Waals surface area contributed by atoms with Gasteiger partial charge in [0.05, 0.1) is 6.07 Å². The Hall–Kier alpha value is -1.69. The lowest BCUT2D eigenvalue weighted by atomic mass is 10.0. The van der Waals surface area contributed by atoms with Gasteiger partial charge in [-0.2, -0.15) is 14.0 Å². The lowest BCUT2D eigenvalue weighted by Crippen LogP contribution is -1.87. The Kier molecular flexibility index (Phi) is 5.21. The second-order valence-electron chi connectivity index (χ2n) is 3.47. The molecule has 0 radical (unpaired) electrons. The highest BCUT2D eigenvalue weighted by atomic mass is 19.3. The van der Waals surface area contributed by atoms with Crippen LogP contribution in [0.1, 0.15) is 31.2 Å². The molecule has 0 N–H and O–H groups in total. The van der Waals surface area contributed by atoms with E-state index in [1.807, 2.05) is 6.07 Å². The van der Waals surface area contributed by atoms with E-state index in [2.05, 4.69) is 0 Å². The topological polar surface area (TPSA) is 23.8 Å². The number of halogens is 2. The molecule has 0 aliphatic carbocycles. The lowest BCUT2D eigenvalue weighted by Gasteiger charge is -2.05. The van der Waals surface area contributed by atoms with E-state index in [1.54, 1.807) is 30.3 Å². The van der Waals surface area contributed by atoms with Crippen LogP contribution in [0.15, 0.2) is 36.4 Å². The minimum Gasteiger partial charge on any atom is -0.198 e. The summed E-state index contributed by atoms with van der Waals surface area (Å²) in [6.45, 7) is 0. The number of rotatable bonds is 5. The summed E-state index contributed by atoms with van der Waals surface area (Å²) in [5, 5.41) is 8.35. The molecule has 0 fully saturated rings. The van der Waals surface area contributed by atoms with E-state index >= 15 is 0 Å². The molecule has 1 rings (SSSR count). The zero-order chi connectivity index (χ0) is 11.8. The summed E-state index contributed by atoms with van der Waals surface area (Å²) in [6, 6.07) is 10.7. The van der Waals surface area contributed by atoms with Crippen molar-refractivity contribution in [3.63, 3.8) is 0 Å². The SMILES string of the molecule is N#CCCCCC(=C(F)F)c1ccccc1. The van der Waals surface area contributed by atoms with Crippen molar-refractivity contribution in [1.82, 2.24) is 0 Å². The summed E-state index contributed by atoms with van der Waals surface area (Å²) < 4.78 is 25.4. The molecule has 0 saturated heterocycles. The molecule has 0 atom stereocenters. The van der Waals surface area contributed by atoms with Gasteiger partial charge in [-0.1, -0.05) is 30.3 Å². The zero-order valence-electron chi connectivity index (χ0n) is 8.92. The quantitative estimate of drug-likeness (QED) is 0.677. The van der Waals surface area contributed by atoms with Crippen molar-refractivity contribution in [3.8, 4) is 6.07 Å². The summed E-state index contributed by atoms with van der Waals surface area (Å²) in [6.07, 6.45) is 0.419. The minimum atomic E-state index is -1.62. The third-order valence-electron chi connectivity index (χ3n) is 2.32. The minimum absolute atomic E-state index is 0.0959. The van der Waals surface area contributed by atoms with Crippen LogP contribution >= 0.6 is 0 Å². The monoisotopic (exact) mass is 221 g/mol. The highest BCUT2D eigenvalue weighted by Gasteiger charge is 2.08. The third-order valence-corrected chi connectivity index (χ3v) is 2.32. The normalized spacial score (nSPS) is 9.56. The van der Waals surface area contributed by atoms with Gasteiger partial charge >= 0.3 is 0 Å². The fourth-order valence-electron chi connectivity index (χ4n) is 1.49. The first-order valence-corrected chi connectivity index (χ1v) is 5.22. The maximum Gasteiger partial charge on any atom is 0.274 e. The van der Waals surface area contributed by atoms with E-state index < -0.39 is 6.08 Å². The highest BCUT2D eigenvalue weighted by molar-refractivity contribution is 5.65. The van der Waals surface area contributed by atoms with Gasteiger partial charge < -0.3 is 0 Å². The van der Waals surface area contributed by atoms with Crippen molar-refractivity contribution < 1.29 is 8.78 Å². The largest absolute Gasteiger partial charge is 0.274 e. The van der Waals surface area contributed by atoms with Gasteiger partial charge in [-0.25, -0.2) is 0 Å². The predicted octanol–water partition coefficient (Wildman–Crippen LogP) is 4.38. The average Bonchev–Trinajstić information content (AvgIpc) is 2.30. The van der Waals surface area contributed by atoms with Gasteiger partial charge in [0.15, 0.2) is 0 Å². The van der Waals surface area contributed by atoms with E-state index in [4.69, 9.17) is 5.26 Å². The van der Waals surface area contributed by atoms with Crippen molar-refractivity contribution in [3.05, 3.63) is 42.0 Å². The Balaban J connectivity index is 2.65. The number of benzene rings is 1. The summed E-state index contributed by atoms with van der Waals surface area (Å²) in [5.74, 6) is 0. The van der Waals surface area contributed by atoms with Gasteiger partial charge in [0.1, 0.15) is 0 Å². The van der Waals surface area contributed by atoms with Crippen molar-refractivity contribution in [2.45, 2.75) is 25.7 Å². The number of unbranched alkanes of at least 4 members (excludes halogenated alkanes) is 2. The maximum atomic E-state index is 12.7. The summed E-state index contributed by atoms with van der Waals surface area (Å²) in [7, 11) is 0. The molecule has 1 aromatic carbocycles. The van der Waals surface area contributed by atoms with Crippen LogP contribution in [0.4, 0.5) is 8.78 Å². The molecule has 0 aromatic heterocycles. The van der Waals surface area contributed by atoms with Crippen LogP contribution in [-0.2, 0) is 0 Å². The maximum absolute atomic E-state index is 12.7. The van der Waals surface area contributed by atoms with Crippen molar-refractivity contribution in [1.29, 1.82) is 5.26 Å². The van der Waals surface area contributed by atoms with E-state index in [1.165, 1.54) is 0 Å². The number of hydrogen-bond donors (Lipinski definition) is 0. The number of allylic oxidation sites excluding steroid dienone is 1. The predicted molar refractivity (Wildman–Crippen MR) is 59.7 cm³/mol. The highest BCUT2D eigenvalue weighted by Crippen LogP contribution is 2.26. The Morgan fingerprint density at radius 2 is 1.81 bits per heavy atom. The molecular formula is C13H13F2N. The van der Waals surface area contributed by atoms with E-state index in [-0.39, 0.29) is 5.57 Å². The molecule has 0 heterocycles. The Labute approximate surface area is 94.0 Å². The van der Waals surface area contributed by atoms with Gasteiger partial charge in [-0.15, -0.1) is 0 Å². The smallest absolute Gasteiger partial charge is 0.198 e. The van der Waals surface area contributed by atoms with Gasteiger partial charge in [-0.3, -0.25) is 0 Å². The fourth-order valence-corrected chi connectivity index (χ4v) is 1.49. The van der Waals surface area contributed by atoms with Crippen LogP contribution in [0.3, 0.4) is 0 Å². The van der Waals surface area contributed by atoms with Crippen LogP contribution in [0, 0.1) is 11.3 Å². The van der Waals surface area contributed by atoms with Crippen LogP contribution in [0.5, 0.6) is 0 Å². The lowest BCUT2D eigenvalue weighted by molar-refractivity contribution is 0.422. The molecular weight excluding hydrogens is 208 g/mol. The second kappa shape index (κ2) is 6.73. The Morgan fingerprint density at radius 1 is 1.12 bits per heavy atom. The van der Waals surface area contributed by atoms with Gasteiger partial charge in [0.2, 0.25) is 0 Å². The summed E-state index contributed by atoms with van der Waals surface area (Å²) >= 11 is 0. The van der Waals surface area contributed by atoms with Gasteiger partial charge in [0, 0.05) is 12.0 Å². The second-order valence-corrected chi connectivity index (χ2v) is 3.47. The Bertz CT molecular complexity index is 386. The molecule has 3 heteroatoms. The molecule has 0 bridgehead atoms. The number of nitrogens with zero attached hydrogens (tertiary/aromatic N) is 1. The molecule has 0 aliphatic rings. The molecule has 1 nitrogen and oxygen atoms in total. The van der Waals surface area contributed by atoms with E-state index in [9.17, 15) is 8.78 Å². The van der Waals surface area contributed by atoms with Crippen LogP contribution in [0.2, 0.25) is 0 Å². The molecule has 84 valence electrons. The van der Waals surface area contributed by atoms with Crippen LogP contribution in [0.25, 0.3) is 5.57 Å². The first-order chi connectivity index (χ1) is 7.75. The summed E-state index contributed by atoms with van der Waals surface area (Å²) in [4.78, 5) is 0. The van der Waals surface area contributed by atoms with Crippen molar-refractivity contribution in [2.24, 2.45) is 0 Å². The van der Waals surface area contributed by atoms with Crippen LogP contribution < -0.4 is 0 Å². The number of nitriles is 1. The molecule has 0 amide bonds. The molecule has 1 aromatic rings. The van der Waals surface area contributed by atoms with Crippen LogP contribution in [-0.4, -0.2) is 0 Å². The summed E-state index contributed by atoms with van der Waals surface area (Å²) in [5.41, 5.74) is 0.665. The zero-order valence-corrected chi connectivity index (χ0v) is 8.92. The average molecular weight is 221 g/mol. The molecule has 0 unspecified atom stereocenters. The molecule has 16 heavy (non-hydrogen) atoms. The first kappa shape index (κ1) is 12.4. The van der Waals surface area contributed by atoms with Gasteiger partial charge in [0.25, 0.3) is 6.08 Å². The fraction of sp³-hybridized carbons (Fsp3) is 0.308. The first-order valence-electron chi connectivity index (χ1n) is 5.22. The van der Waals surface area contributed by atoms with Crippen molar-refractivity contribution in [2.75, 3.05) is 0 Å².